The normalized spacial score (nSPS) is 10.1. The molecule has 0 aliphatic heterocycles. The zero-order valence-electron chi connectivity index (χ0n) is 12.2. The fourth-order valence-electron chi connectivity index (χ4n) is 1.95. The predicted octanol–water partition coefficient (Wildman–Crippen LogP) is 2.78. The monoisotopic (exact) mass is 300 g/mol. The fourth-order valence-corrected chi connectivity index (χ4v) is 1.95. The lowest BCUT2D eigenvalue weighted by molar-refractivity contribution is -0.126. The minimum Gasteiger partial charge on any atom is -0.351 e. The van der Waals surface area contributed by atoms with Gasteiger partial charge in [0.05, 0.1) is 0 Å². The molecule has 0 saturated heterocycles. The van der Waals surface area contributed by atoms with Crippen LogP contribution in [-0.2, 0) is 16.1 Å². The number of carbonyl (C=O) groups excluding carboxylic acids is 2. The van der Waals surface area contributed by atoms with Gasteiger partial charge in [0, 0.05) is 17.8 Å². The van der Waals surface area contributed by atoms with Crippen LogP contribution in [0.1, 0.15) is 17.5 Å². The molecule has 2 N–H and O–H groups in total. The lowest BCUT2D eigenvalue weighted by Gasteiger charge is -2.09. The second-order valence-corrected chi connectivity index (χ2v) is 4.91. The third-order valence-corrected chi connectivity index (χ3v) is 3.17. The molecule has 2 rings (SSSR count). The Kier molecular flexibility index (Phi) is 5.25. The molecule has 114 valence electrons. The maximum absolute atomic E-state index is 13.4. The Balaban J connectivity index is 1.83. The van der Waals surface area contributed by atoms with Crippen LogP contribution in [0.2, 0.25) is 0 Å². The van der Waals surface area contributed by atoms with Crippen LogP contribution in [0.5, 0.6) is 0 Å². The number of hydrogen-bond donors (Lipinski definition) is 2. The first-order chi connectivity index (χ1) is 10.6. The first-order valence-electron chi connectivity index (χ1n) is 6.92. The molecule has 0 saturated carbocycles. The number of amides is 2. The predicted molar refractivity (Wildman–Crippen MR) is 82.7 cm³/mol. The molecule has 0 aliphatic rings. The summed E-state index contributed by atoms with van der Waals surface area (Å²) in [6.07, 6.45) is -0.303. The molecule has 0 fully saturated rings. The smallest absolute Gasteiger partial charge is 0.233 e. The number of para-hydroxylation sites is 1. The van der Waals surface area contributed by atoms with Crippen LogP contribution in [0, 0.1) is 12.7 Å². The summed E-state index contributed by atoms with van der Waals surface area (Å²) >= 11 is 0. The summed E-state index contributed by atoms with van der Waals surface area (Å²) in [5, 5.41) is 5.21. The number of rotatable bonds is 5. The maximum atomic E-state index is 13.4. The summed E-state index contributed by atoms with van der Waals surface area (Å²) in [6, 6.07) is 13.5. The number of hydrogen-bond acceptors (Lipinski definition) is 2. The van der Waals surface area contributed by atoms with Crippen LogP contribution < -0.4 is 10.6 Å². The highest BCUT2D eigenvalue weighted by Gasteiger charge is 2.11. The largest absolute Gasteiger partial charge is 0.351 e. The lowest BCUT2D eigenvalue weighted by Crippen LogP contribution is -2.28. The third kappa shape index (κ3) is 4.41. The minimum atomic E-state index is -0.450. The van der Waals surface area contributed by atoms with E-state index in [9.17, 15) is 14.0 Å². The summed E-state index contributed by atoms with van der Waals surface area (Å²) in [6.45, 7) is 1.93. The molecule has 0 bridgehead atoms. The SMILES string of the molecule is Cc1ccccc1NC(=O)CC(=O)NCc1ccccc1F. The van der Waals surface area contributed by atoms with E-state index in [1.165, 1.54) is 6.07 Å². The summed E-state index contributed by atoms with van der Waals surface area (Å²) in [7, 11) is 0. The highest BCUT2D eigenvalue weighted by atomic mass is 19.1. The Hall–Kier alpha value is -2.69. The molecule has 0 heterocycles. The van der Waals surface area contributed by atoms with E-state index in [1.807, 2.05) is 19.1 Å². The number of aryl methyl sites for hydroxylation is 1. The van der Waals surface area contributed by atoms with Crippen LogP contribution >= 0.6 is 0 Å². The summed E-state index contributed by atoms with van der Waals surface area (Å²) < 4.78 is 13.4. The van der Waals surface area contributed by atoms with E-state index in [-0.39, 0.29) is 18.8 Å². The van der Waals surface area contributed by atoms with E-state index in [0.29, 0.717) is 11.3 Å². The fraction of sp³-hybridized carbons (Fsp3) is 0.176. The average Bonchev–Trinajstić information content (AvgIpc) is 2.49. The summed E-state index contributed by atoms with van der Waals surface area (Å²) in [5.74, 6) is -1.23. The second-order valence-electron chi connectivity index (χ2n) is 4.91. The van der Waals surface area contributed by atoms with Gasteiger partial charge in [-0.25, -0.2) is 4.39 Å². The quantitative estimate of drug-likeness (QED) is 0.834. The molecule has 22 heavy (non-hydrogen) atoms. The van der Waals surface area contributed by atoms with Crippen molar-refractivity contribution in [3.8, 4) is 0 Å². The van der Waals surface area contributed by atoms with Gasteiger partial charge in [0.15, 0.2) is 0 Å². The van der Waals surface area contributed by atoms with Gasteiger partial charge in [-0.2, -0.15) is 0 Å². The Morgan fingerprint density at radius 1 is 1.00 bits per heavy atom. The minimum absolute atomic E-state index is 0.0587. The first-order valence-corrected chi connectivity index (χ1v) is 6.92. The van der Waals surface area contributed by atoms with Gasteiger partial charge >= 0.3 is 0 Å². The van der Waals surface area contributed by atoms with E-state index in [1.54, 1.807) is 30.3 Å². The van der Waals surface area contributed by atoms with Crippen LogP contribution in [0.3, 0.4) is 0 Å². The second kappa shape index (κ2) is 7.36. The molecule has 0 aromatic heterocycles. The standard InChI is InChI=1S/C17H17FN2O2/c1-12-6-2-5-9-15(12)20-17(22)10-16(21)19-11-13-7-3-4-8-14(13)18/h2-9H,10-11H2,1H3,(H,19,21)(H,20,22). The lowest BCUT2D eigenvalue weighted by atomic mass is 10.2. The van der Waals surface area contributed by atoms with Crippen molar-refractivity contribution in [2.75, 3.05) is 5.32 Å². The molecular formula is C17H17FN2O2. The zero-order chi connectivity index (χ0) is 15.9. The number of halogens is 1. The van der Waals surface area contributed by atoms with Crippen molar-refractivity contribution in [2.45, 2.75) is 19.9 Å². The van der Waals surface area contributed by atoms with E-state index in [2.05, 4.69) is 10.6 Å². The van der Waals surface area contributed by atoms with Gasteiger partial charge in [-0.3, -0.25) is 9.59 Å². The van der Waals surface area contributed by atoms with Gasteiger partial charge in [-0.15, -0.1) is 0 Å². The molecule has 0 aliphatic carbocycles. The highest BCUT2D eigenvalue weighted by Crippen LogP contribution is 2.13. The average molecular weight is 300 g/mol. The molecule has 0 radical (unpaired) electrons. The van der Waals surface area contributed by atoms with E-state index < -0.39 is 11.8 Å². The van der Waals surface area contributed by atoms with Crippen molar-refractivity contribution in [3.63, 3.8) is 0 Å². The zero-order valence-corrected chi connectivity index (χ0v) is 12.2. The van der Waals surface area contributed by atoms with E-state index >= 15 is 0 Å². The van der Waals surface area contributed by atoms with Gasteiger partial charge in [0.1, 0.15) is 12.2 Å². The Bertz CT molecular complexity index is 686. The number of anilines is 1. The Labute approximate surface area is 128 Å². The maximum Gasteiger partial charge on any atom is 0.233 e. The van der Waals surface area contributed by atoms with Crippen LogP contribution in [0.4, 0.5) is 10.1 Å². The summed E-state index contributed by atoms with van der Waals surface area (Å²) in [4.78, 5) is 23.5. The van der Waals surface area contributed by atoms with Crippen molar-refractivity contribution in [3.05, 3.63) is 65.5 Å². The van der Waals surface area contributed by atoms with E-state index in [0.717, 1.165) is 5.56 Å². The molecule has 2 aromatic rings. The molecule has 0 spiro atoms. The van der Waals surface area contributed by atoms with Gasteiger partial charge in [-0.05, 0) is 24.6 Å². The van der Waals surface area contributed by atoms with Crippen LogP contribution in [0.25, 0.3) is 0 Å². The van der Waals surface area contributed by atoms with Gasteiger partial charge in [0.25, 0.3) is 0 Å². The Morgan fingerprint density at radius 3 is 2.41 bits per heavy atom. The van der Waals surface area contributed by atoms with Gasteiger partial charge in [-0.1, -0.05) is 36.4 Å². The number of benzene rings is 2. The molecule has 4 nitrogen and oxygen atoms in total. The van der Waals surface area contributed by atoms with Crippen molar-refractivity contribution in [1.29, 1.82) is 0 Å². The summed E-state index contributed by atoms with van der Waals surface area (Å²) in [5.41, 5.74) is 1.98. The number of carbonyl (C=O) groups is 2. The third-order valence-electron chi connectivity index (χ3n) is 3.17. The van der Waals surface area contributed by atoms with Gasteiger partial charge < -0.3 is 10.6 Å². The number of nitrogens with one attached hydrogen (secondary N) is 2. The van der Waals surface area contributed by atoms with Crippen LogP contribution in [-0.4, -0.2) is 11.8 Å². The topological polar surface area (TPSA) is 58.2 Å². The Morgan fingerprint density at radius 2 is 1.68 bits per heavy atom. The molecule has 0 atom stereocenters. The molecule has 0 unspecified atom stereocenters. The molecular weight excluding hydrogens is 283 g/mol. The molecule has 5 heteroatoms. The first kappa shape index (κ1) is 15.7. The van der Waals surface area contributed by atoms with E-state index in [4.69, 9.17) is 0 Å². The van der Waals surface area contributed by atoms with Crippen molar-refractivity contribution in [2.24, 2.45) is 0 Å². The van der Waals surface area contributed by atoms with Gasteiger partial charge in [0.2, 0.25) is 11.8 Å². The van der Waals surface area contributed by atoms with Crippen molar-refractivity contribution >= 4 is 17.5 Å². The van der Waals surface area contributed by atoms with Crippen LogP contribution in [0.15, 0.2) is 48.5 Å². The molecule has 2 amide bonds. The van der Waals surface area contributed by atoms with Crippen molar-refractivity contribution in [1.82, 2.24) is 5.32 Å². The molecule has 2 aromatic carbocycles. The highest BCUT2D eigenvalue weighted by molar-refractivity contribution is 6.03. The van der Waals surface area contributed by atoms with Crippen molar-refractivity contribution < 1.29 is 14.0 Å².